The van der Waals surface area contributed by atoms with E-state index in [0.717, 1.165) is 24.1 Å². The maximum Gasteiger partial charge on any atom is 0.326 e. The molecule has 0 unspecified atom stereocenters. The number of non-ortho nitro benzene ring substituents is 1. The van der Waals surface area contributed by atoms with Gasteiger partial charge in [0.1, 0.15) is 5.75 Å². The summed E-state index contributed by atoms with van der Waals surface area (Å²) >= 11 is 0. The van der Waals surface area contributed by atoms with E-state index >= 15 is 0 Å². The van der Waals surface area contributed by atoms with E-state index in [2.05, 4.69) is 5.32 Å². The first-order chi connectivity index (χ1) is 11.6. The highest BCUT2D eigenvalue weighted by atomic mass is 16.6. The molecule has 3 rings (SSSR count). The van der Waals surface area contributed by atoms with Gasteiger partial charge in [0.15, 0.2) is 0 Å². The molecule has 0 bridgehead atoms. The zero-order valence-electron chi connectivity index (χ0n) is 13.2. The van der Waals surface area contributed by atoms with Crippen LogP contribution >= 0.6 is 0 Å². The lowest BCUT2D eigenvalue weighted by Crippen LogP contribution is -2.38. The topological polar surface area (TPSA) is 84.7 Å². The SMILES string of the molecule is COc1cc([N+](=O)[O-])ccc1NC(=O)N1CCCc2ccccc21. The van der Waals surface area contributed by atoms with Gasteiger partial charge >= 0.3 is 6.03 Å². The summed E-state index contributed by atoms with van der Waals surface area (Å²) in [6.45, 7) is 0.623. The first kappa shape index (κ1) is 15.8. The van der Waals surface area contributed by atoms with Crippen LogP contribution in [0.15, 0.2) is 42.5 Å². The van der Waals surface area contributed by atoms with E-state index in [9.17, 15) is 14.9 Å². The Labute approximate surface area is 139 Å². The molecule has 0 spiro atoms. The summed E-state index contributed by atoms with van der Waals surface area (Å²) in [5.41, 5.74) is 2.33. The number of carbonyl (C=O) groups excluding carboxylic acids is 1. The van der Waals surface area contributed by atoms with Crippen molar-refractivity contribution in [2.24, 2.45) is 0 Å². The van der Waals surface area contributed by atoms with Crippen LogP contribution in [0.2, 0.25) is 0 Å². The maximum atomic E-state index is 12.6. The molecule has 124 valence electrons. The van der Waals surface area contributed by atoms with Crippen LogP contribution in [-0.4, -0.2) is 24.6 Å². The van der Waals surface area contributed by atoms with Crippen LogP contribution in [0.1, 0.15) is 12.0 Å². The molecule has 1 N–H and O–H groups in total. The summed E-state index contributed by atoms with van der Waals surface area (Å²) in [5.74, 6) is 0.253. The van der Waals surface area contributed by atoms with E-state index < -0.39 is 4.92 Å². The maximum absolute atomic E-state index is 12.6. The van der Waals surface area contributed by atoms with Gasteiger partial charge in [-0.3, -0.25) is 15.0 Å². The van der Waals surface area contributed by atoms with Gasteiger partial charge in [-0.1, -0.05) is 18.2 Å². The number of nitro groups is 1. The zero-order chi connectivity index (χ0) is 17.1. The Kier molecular flexibility index (Phi) is 4.33. The first-order valence-corrected chi connectivity index (χ1v) is 7.59. The molecule has 1 aliphatic heterocycles. The quantitative estimate of drug-likeness (QED) is 0.689. The Balaban J connectivity index is 1.84. The summed E-state index contributed by atoms with van der Waals surface area (Å²) in [7, 11) is 1.41. The Morgan fingerprint density at radius 1 is 1.29 bits per heavy atom. The van der Waals surface area contributed by atoms with Crippen molar-refractivity contribution < 1.29 is 14.5 Å². The predicted molar refractivity (Wildman–Crippen MR) is 90.8 cm³/mol. The highest BCUT2D eigenvalue weighted by molar-refractivity contribution is 6.03. The fourth-order valence-electron chi connectivity index (χ4n) is 2.82. The normalized spacial score (nSPS) is 13.1. The van der Waals surface area contributed by atoms with Crippen molar-refractivity contribution >= 4 is 23.1 Å². The number of methoxy groups -OCH3 is 1. The minimum atomic E-state index is -0.505. The van der Waals surface area contributed by atoms with Crippen LogP contribution in [0.4, 0.5) is 21.9 Å². The largest absolute Gasteiger partial charge is 0.494 e. The van der Waals surface area contributed by atoms with Gasteiger partial charge < -0.3 is 10.1 Å². The fourth-order valence-corrected chi connectivity index (χ4v) is 2.82. The average Bonchev–Trinajstić information content (AvgIpc) is 2.61. The molecule has 7 heteroatoms. The van der Waals surface area contributed by atoms with E-state index in [-0.39, 0.29) is 17.5 Å². The third-order valence-corrected chi connectivity index (χ3v) is 3.99. The zero-order valence-corrected chi connectivity index (χ0v) is 13.2. The van der Waals surface area contributed by atoms with Gasteiger partial charge in [0, 0.05) is 18.3 Å². The van der Waals surface area contributed by atoms with E-state index in [4.69, 9.17) is 4.74 Å². The Morgan fingerprint density at radius 3 is 2.83 bits per heavy atom. The smallest absolute Gasteiger partial charge is 0.326 e. The van der Waals surface area contributed by atoms with E-state index in [1.807, 2.05) is 24.3 Å². The number of amides is 2. The number of anilines is 2. The average molecular weight is 327 g/mol. The Morgan fingerprint density at radius 2 is 2.08 bits per heavy atom. The summed E-state index contributed by atoms with van der Waals surface area (Å²) in [5, 5.41) is 13.6. The molecule has 2 aromatic carbocycles. The Bertz CT molecular complexity index is 791. The lowest BCUT2D eigenvalue weighted by atomic mass is 10.0. The molecule has 0 atom stereocenters. The first-order valence-electron chi connectivity index (χ1n) is 7.59. The van der Waals surface area contributed by atoms with Crippen LogP contribution < -0.4 is 15.0 Å². The van der Waals surface area contributed by atoms with E-state index in [0.29, 0.717) is 12.2 Å². The van der Waals surface area contributed by atoms with Crippen molar-refractivity contribution in [3.63, 3.8) is 0 Å². The van der Waals surface area contributed by atoms with E-state index in [1.54, 1.807) is 4.90 Å². The van der Waals surface area contributed by atoms with Gasteiger partial charge in [-0.25, -0.2) is 4.79 Å². The van der Waals surface area contributed by atoms with Crippen LogP contribution in [-0.2, 0) is 6.42 Å². The number of aryl methyl sites for hydroxylation is 1. The van der Waals surface area contributed by atoms with Crippen molar-refractivity contribution in [1.82, 2.24) is 0 Å². The molecular weight excluding hydrogens is 310 g/mol. The number of ether oxygens (including phenoxy) is 1. The Hall–Kier alpha value is -3.09. The minimum Gasteiger partial charge on any atom is -0.494 e. The predicted octanol–water partition coefficient (Wildman–Crippen LogP) is 3.59. The van der Waals surface area contributed by atoms with Gasteiger partial charge in [0.05, 0.1) is 23.8 Å². The second kappa shape index (κ2) is 6.57. The molecule has 0 aliphatic carbocycles. The number of fused-ring (bicyclic) bond motifs is 1. The number of para-hydroxylation sites is 1. The van der Waals surface area contributed by atoms with Crippen molar-refractivity contribution in [3.8, 4) is 5.75 Å². The number of benzene rings is 2. The number of carbonyl (C=O) groups is 1. The molecule has 0 radical (unpaired) electrons. The lowest BCUT2D eigenvalue weighted by molar-refractivity contribution is -0.384. The molecular formula is C17H17N3O4. The summed E-state index contributed by atoms with van der Waals surface area (Å²) in [4.78, 5) is 24.7. The number of hydrogen-bond donors (Lipinski definition) is 1. The van der Waals surface area contributed by atoms with Crippen LogP contribution in [0, 0.1) is 10.1 Å². The van der Waals surface area contributed by atoms with E-state index in [1.165, 1.54) is 25.3 Å². The summed E-state index contributed by atoms with van der Waals surface area (Å²) in [6.07, 6.45) is 1.84. The molecule has 0 saturated heterocycles. The van der Waals surface area contributed by atoms with Gasteiger partial charge in [-0.2, -0.15) is 0 Å². The van der Waals surface area contributed by atoms with Gasteiger partial charge in [-0.05, 0) is 30.5 Å². The number of nitrogens with zero attached hydrogens (tertiary/aromatic N) is 2. The molecule has 0 saturated carbocycles. The van der Waals surface area contributed by atoms with Crippen LogP contribution in [0.25, 0.3) is 0 Å². The summed E-state index contributed by atoms with van der Waals surface area (Å²) in [6, 6.07) is 11.6. The second-order valence-electron chi connectivity index (χ2n) is 5.46. The molecule has 2 aromatic rings. The third-order valence-electron chi connectivity index (χ3n) is 3.99. The molecule has 0 fully saturated rings. The minimum absolute atomic E-state index is 0.0897. The standard InChI is InChI=1S/C17H17N3O4/c1-24-16-11-13(20(22)23)8-9-14(16)18-17(21)19-10-4-6-12-5-2-3-7-15(12)19/h2-3,5,7-9,11H,4,6,10H2,1H3,(H,18,21). The van der Waals surface area contributed by atoms with Crippen molar-refractivity contribution in [1.29, 1.82) is 0 Å². The summed E-state index contributed by atoms with van der Waals surface area (Å²) < 4.78 is 5.16. The fraction of sp³-hybridized carbons (Fsp3) is 0.235. The number of rotatable bonds is 3. The van der Waals surface area contributed by atoms with Crippen LogP contribution in [0.3, 0.4) is 0 Å². The van der Waals surface area contributed by atoms with Crippen molar-refractivity contribution in [2.75, 3.05) is 23.9 Å². The number of nitrogens with one attached hydrogen (secondary N) is 1. The van der Waals surface area contributed by atoms with Gasteiger partial charge in [0.2, 0.25) is 0 Å². The molecule has 24 heavy (non-hydrogen) atoms. The highest BCUT2D eigenvalue weighted by Gasteiger charge is 2.23. The van der Waals surface area contributed by atoms with Gasteiger partial charge in [0.25, 0.3) is 5.69 Å². The highest BCUT2D eigenvalue weighted by Crippen LogP contribution is 2.31. The number of urea groups is 1. The molecule has 2 amide bonds. The number of hydrogen-bond acceptors (Lipinski definition) is 4. The van der Waals surface area contributed by atoms with Crippen molar-refractivity contribution in [2.45, 2.75) is 12.8 Å². The molecule has 0 aromatic heterocycles. The van der Waals surface area contributed by atoms with Crippen molar-refractivity contribution in [3.05, 3.63) is 58.1 Å². The molecule has 7 nitrogen and oxygen atoms in total. The van der Waals surface area contributed by atoms with Crippen LogP contribution in [0.5, 0.6) is 5.75 Å². The lowest BCUT2D eigenvalue weighted by Gasteiger charge is -2.29. The number of nitro benzene ring substituents is 1. The monoisotopic (exact) mass is 327 g/mol. The molecule has 1 heterocycles. The molecule has 1 aliphatic rings. The second-order valence-corrected chi connectivity index (χ2v) is 5.46. The van der Waals surface area contributed by atoms with Gasteiger partial charge in [-0.15, -0.1) is 0 Å². The third kappa shape index (κ3) is 3.01.